The monoisotopic (exact) mass is 635 g/mol. The first kappa shape index (κ1) is 37.5. The number of esters is 1. The Labute approximate surface area is 286 Å². The maximum atomic E-state index is 12.8. The van der Waals surface area contributed by atoms with E-state index in [-0.39, 0.29) is 17.5 Å². The Balaban J connectivity index is 1.19. The van der Waals surface area contributed by atoms with Crippen molar-refractivity contribution in [2.45, 2.75) is 189 Å². The average molecular weight is 635 g/mol. The van der Waals surface area contributed by atoms with Gasteiger partial charge in [-0.2, -0.15) is 0 Å². The van der Waals surface area contributed by atoms with Crippen LogP contribution in [-0.4, -0.2) is 12.1 Å². The molecule has 0 aromatic heterocycles. The molecule has 2 heteroatoms. The van der Waals surface area contributed by atoms with E-state index < -0.39 is 0 Å². The van der Waals surface area contributed by atoms with Crippen LogP contribution in [0.2, 0.25) is 0 Å². The molecule has 0 amide bonds. The Morgan fingerprint density at radius 3 is 2.04 bits per heavy atom. The molecule has 8 atom stereocenters. The van der Waals surface area contributed by atoms with Crippen molar-refractivity contribution in [2.24, 2.45) is 46.3 Å². The van der Waals surface area contributed by atoms with Crippen LogP contribution in [0.15, 0.2) is 35.5 Å². The largest absolute Gasteiger partial charge is 0.462 e. The Morgan fingerprint density at radius 2 is 1.41 bits per heavy atom. The molecule has 0 heterocycles. The fourth-order valence-electron chi connectivity index (χ4n) is 10.2. The van der Waals surface area contributed by atoms with Crippen LogP contribution in [0.1, 0.15) is 183 Å². The van der Waals surface area contributed by atoms with Gasteiger partial charge in [0.15, 0.2) is 0 Å². The normalized spacial score (nSPS) is 32.0. The van der Waals surface area contributed by atoms with Gasteiger partial charge in [0.1, 0.15) is 6.10 Å². The molecule has 4 rings (SSSR count). The highest BCUT2D eigenvalue weighted by Crippen LogP contribution is 2.66. The number of hydrogen-bond acceptors (Lipinski definition) is 2. The van der Waals surface area contributed by atoms with Crippen LogP contribution < -0.4 is 0 Å². The lowest BCUT2D eigenvalue weighted by Crippen LogP contribution is -2.46. The third-order valence-electron chi connectivity index (χ3n) is 13.8. The SMILES string of the molecule is CCCCCCCCCCCCCCCC(=O)OC1CC[C@@]2(C)C(=CC=C3[C@@H]4CC[C@H]([C@H](C)C=C[C@H](C)C(C)C)[C@@]4(C)CC[C@@H]32)C1. The molecule has 0 aromatic rings. The van der Waals surface area contributed by atoms with Gasteiger partial charge in [-0.15, -0.1) is 0 Å². The number of ether oxygens (including phenoxy) is 1. The Hall–Kier alpha value is -1.31. The first-order valence-corrected chi connectivity index (χ1v) is 20.4. The van der Waals surface area contributed by atoms with Crippen LogP contribution in [0.4, 0.5) is 0 Å². The molecule has 0 aliphatic heterocycles. The molecule has 1 unspecified atom stereocenters. The third kappa shape index (κ3) is 9.43. The second-order valence-corrected chi connectivity index (χ2v) is 17.3. The third-order valence-corrected chi connectivity index (χ3v) is 13.8. The second-order valence-electron chi connectivity index (χ2n) is 17.3. The molecule has 3 fully saturated rings. The van der Waals surface area contributed by atoms with Crippen molar-refractivity contribution in [2.75, 3.05) is 0 Å². The lowest BCUT2D eigenvalue weighted by atomic mass is 9.50. The number of rotatable bonds is 19. The summed E-state index contributed by atoms with van der Waals surface area (Å²) in [6, 6.07) is 0. The summed E-state index contributed by atoms with van der Waals surface area (Å²) < 4.78 is 6.10. The van der Waals surface area contributed by atoms with Crippen molar-refractivity contribution >= 4 is 5.97 Å². The van der Waals surface area contributed by atoms with E-state index in [4.69, 9.17) is 4.74 Å². The Kier molecular flexibility index (Phi) is 14.6. The zero-order valence-electron chi connectivity index (χ0n) is 31.5. The van der Waals surface area contributed by atoms with Crippen LogP contribution in [0, 0.1) is 46.3 Å². The van der Waals surface area contributed by atoms with Gasteiger partial charge in [0.25, 0.3) is 0 Å². The topological polar surface area (TPSA) is 26.3 Å². The maximum absolute atomic E-state index is 12.8. The minimum absolute atomic E-state index is 0.0423. The molecule has 3 saturated carbocycles. The van der Waals surface area contributed by atoms with E-state index in [2.05, 4.69) is 72.8 Å². The van der Waals surface area contributed by atoms with Crippen molar-refractivity contribution in [3.05, 3.63) is 35.5 Å². The van der Waals surface area contributed by atoms with Gasteiger partial charge in [0.05, 0.1) is 0 Å². The number of unbranched alkanes of at least 4 members (excludes halogenated alkanes) is 12. The summed E-state index contributed by atoms with van der Waals surface area (Å²) >= 11 is 0. The van der Waals surface area contributed by atoms with Crippen LogP contribution >= 0.6 is 0 Å². The summed E-state index contributed by atoms with van der Waals surface area (Å²) in [5.41, 5.74) is 4.00. The van der Waals surface area contributed by atoms with E-state index in [1.54, 1.807) is 11.1 Å². The number of fused-ring (bicyclic) bond motifs is 5. The van der Waals surface area contributed by atoms with Gasteiger partial charge in [-0.3, -0.25) is 4.79 Å². The van der Waals surface area contributed by atoms with Crippen LogP contribution in [0.25, 0.3) is 0 Å². The molecule has 0 saturated heterocycles. The molecular formula is C44H74O2. The predicted octanol–water partition coefficient (Wildman–Crippen LogP) is 13.4. The quantitative estimate of drug-likeness (QED) is 0.0802. The zero-order valence-corrected chi connectivity index (χ0v) is 31.5. The molecule has 0 N–H and O–H groups in total. The first-order chi connectivity index (χ1) is 22.1. The smallest absolute Gasteiger partial charge is 0.306 e. The molecule has 0 bridgehead atoms. The average Bonchev–Trinajstić information content (AvgIpc) is 3.39. The molecule has 262 valence electrons. The lowest BCUT2D eigenvalue weighted by Gasteiger charge is -2.55. The first-order valence-electron chi connectivity index (χ1n) is 20.4. The number of allylic oxidation sites excluding steroid dienone is 5. The summed E-state index contributed by atoms with van der Waals surface area (Å²) in [4.78, 5) is 12.8. The fourth-order valence-corrected chi connectivity index (χ4v) is 10.2. The zero-order chi connectivity index (χ0) is 33.2. The van der Waals surface area contributed by atoms with Gasteiger partial charge in [0.2, 0.25) is 0 Å². The minimum Gasteiger partial charge on any atom is -0.462 e. The van der Waals surface area contributed by atoms with E-state index in [1.165, 1.54) is 103 Å². The number of carbonyl (C=O) groups is 1. The molecule has 0 aromatic carbocycles. The van der Waals surface area contributed by atoms with Crippen molar-refractivity contribution < 1.29 is 9.53 Å². The highest BCUT2D eigenvalue weighted by Gasteiger charge is 2.57. The standard InChI is InChI=1S/C44H74O2/c1-8-9-10-11-12-13-14-15-16-17-18-19-20-21-42(45)46-37-28-30-43(6)36(32-37)24-25-38-40-27-26-39(44(40,7)31-29-41(38)43)35(5)23-22-34(4)33(2)3/h22-25,33-35,37,39-41H,8-21,26-32H2,1-7H3/t34-,35+,37?,39+,40-,41-,43-,44+/m0/s1. The minimum atomic E-state index is 0.0423. The van der Waals surface area contributed by atoms with Crippen molar-refractivity contribution in [1.82, 2.24) is 0 Å². The van der Waals surface area contributed by atoms with Crippen molar-refractivity contribution in [3.8, 4) is 0 Å². The van der Waals surface area contributed by atoms with Gasteiger partial charge >= 0.3 is 5.97 Å². The summed E-state index contributed by atoms with van der Waals surface area (Å²) in [7, 11) is 0. The number of hydrogen-bond donors (Lipinski definition) is 0. The van der Waals surface area contributed by atoms with Crippen LogP contribution in [0.3, 0.4) is 0 Å². The summed E-state index contributed by atoms with van der Waals surface area (Å²) in [6.07, 6.45) is 36.7. The predicted molar refractivity (Wildman–Crippen MR) is 198 cm³/mol. The lowest BCUT2D eigenvalue weighted by molar-refractivity contribution is -0.151. The van der Waals surface area contributed by atoms with E-state index in [0.717, 1.165) is 37.5 Å². The molecule has 4 aliphatic carbocycles. The van der Waals surface area contributed by atoms with Gasteiger partial charge in [0, 0.05) is 12.8 Å². The van der Waals surface area contributed by atoms with Crippen molar-refractivity contribution in [3.63, 3.8) is 0 Å². The van der Waals surface area contributed by atoms with Crippen molar-refractivity contribution in [1.29, 1.82) is 0 Å². The van der Waals surface area contributed by atoms with Gasteiger partial charge in [-0.25, -0.2) is 0 Å². The summed E-state index contributed by atoms with van der Waals surface area (Å²) in [5.74, 6) is 4.27. The van der Waals surface area contributed by atoms with Crippen LogP contribution in [0.5, 0.6) is 0 Å². The second kappa shape index (κ2) is 17.9. The Morgan fingerprint density at radius 1 is 0.783 bits per heavy atom. The summed E-state index contributed by atoms with van der Waals surface area (Å²) in [5, 5.41) is 0. The molecule has 0 spiro atoms. The van der Waals surface area contributed by atoms with E-state index in [1.807, 2.05) is 0 Å². The summed E-state index contributed by atoms with van der Waals surface area (Å²) in [6.45, 7) is 17.0. The fraction of sp³-hybridized carbons (Fsp3) is 0.841. The maximum Gasteiger partial charge on any atom is 0.306 e. The van der Waals surface area contributed by atoms with E-state index in [0.29, 0.717) is 35.5 Å². The molecule has 0 radical (unpaired) electrons. The molecule has 46 heavy (non-hydrogen) atoms. The highest BCUT2D eigenvalue weighted by atomic mass is 16.5. The van der Waals surface area contributed by atoms with Gasteiger partial charge in [-0.1, -0.05) is 161 Å². The van der Waals surface area contributed by atoms with Crippen LogP contribution in [-0.2, 0) is 9.53 Å². The van der Waals surface area contributed by atoms with E-state index in [9.17, 15) is 4.79 Å². The molecular weight excluding hydrogens is 560 g/mol. The van der Waals surface area contributed by atoms with Gasteiger partial charge < -0.3 is 4.74 Å². The van der Waals surface area contributed by atoms with Gasteiger partial charge in [-0.05, 0) is 91.3 Å². The van der Waals surface area contributed by atoms with E-state index >= 15 is 0 Å². The molecule has 2 nitrogen and oxygen atoms in total. The highest BCUT2D eigenvalue weighted by molar-refractivity contribution is 5.69. The number of carbonyl (C=O) groups excluding carboxylic acids is 1. The molecule has 4 aliphatic rings. The Bertz CT molecular complexity index is 1030.